The molecular weight excluding hydrogens is 410 g/mol. The molecule has 0 radical (unpaired) electrons. The van der Waals surface area contributed by atoms with Crippen LogP contribution in [0, 0.1) is 12.8 Å². The van der Waals surface area contributed by atoms with Crippen molar-refractivity contribution in [2.75, 3.05) is 4.90 Å². The molecule has 4 rings (SSSR count). The number of aromatic nitrogens is 2. The van der Waals surface area contributed by atoms with E-state index >= 15 is 0 Å². The van der Waals surface area contributed by atoms with E-state index in [0.717, 1.165) is 10.3 Å². The second-order valence-corrected chi connectivity index (χ2v) is 8.63. The summed E-state index contributed by atoms with van der Waals surface area (Å²) in [5.41, 5.74) is 2.26. The van der Waals surface area contributed by atoms with E-state index in [2.05, 4.69) is 9.97 Å². The van der Waals surface area contributed by atoms with Crippen molar-refractivity contribution >= 4 is 50.0 Å². The van der Waals surface area contributed by atoms with Gasteiger partial charge in [-0.15, -0.1) is 0 Å². The number of rotatable bonds is 4. The lowest BCUT2D eigenvalue weighted by molar-refractivity contribution is -0.119. The average Bonchev–Trinajstić information content (AvgIpc) is 3.20. The summed E-state index contributed by atoms with van der Waals surface area (Å²) in [7, 11) is 0. The number of carbonyl (C=O) groups is 2. The number of pyridine rings is 1. The predicted molar refractivity (Wildman–Crippen MR) is 113 cm³/mol. The van der Waals surface area contributed by atoms with Crippen LogP contribution in [-0.4, -0.2) is 26.8 Å². The fourth-order valence-corrected chi connectivity index (χ4v) is 4.59. The highest BCUT2D eigenvalue weighted by Crippen LogP contribution is 2.44. The van der Waals surface area contributed by atoms with E-state index in [9.17, 15) is 14.7 Å². The third-order valence-electron chi connectivity index (χ3n) is 4.86. The average molecular weight is 428 g/mol. The van der Waals surface area contributed by atoms with E-state index in [-0.39, 0.29) is 17.3 Å². The van der Waals surface area contributed by atoms with Gasteiger partial charge in [-0.1, -0.05) is 42.9 Å². The summed E-state index contributed by atoms with van der Waals surface area (Å²) >= 11 is 7.53. The molecule has 0 saturated carbocycles. The minimum Gasteiger partial charge on any atom is -0.503 e. The van der Waals surface area contributed by atoms with Crippen molar-refractivity contribution < 1.29 is 14.7 Å². The molecule has 29 heavy (non-hydrogen) atoms. The van der Waals surface area contributed by atoms with Gasteiger partial charge in [-0.3, -0.25) is 19.5 Å². The van der Waals surface area contributed by atoms with E-state index in [1.54, 1.807) is 44.4 Å². The molecule has 0 aliphatic carbocycles. The Morgan fingerprint density at radius 1 is 1.34 bits per heavy atom. The Balaban J connectivity index is 1.90. The van der Waals surface area contributed by atoms with Crippen LogP contribution in [0.1, 0.15) is 31.0 Å². The second-order valence-electron chi connectivity index (χ2n) is 7.21. The van der Waals surface area contributed by atoms with Crippen molar-refractivity contribution in [1.82, 2.24) is 9.97 Å². The molecule has 0 saturated heterocycles. The second kappa shape index (κ2) is 7.24. The van der Waals surface area contributed by atoms with E-state index < -0.39 is 17.7 Å². The number of carbonyl (C=O) groups excluding carboxylic acids is 2. The van der Waals surface area contributed by atoms with Gasteiger partial charge in [-0.05, 0) is 36.2 Å². The highest BCUT2D eigenvalue weighted by Gasteiger charge is 2.46. The first kappa shape index (κ1) is 19.5. The van der Waals surface area contributed by atoms with E-state index in [1.807, 2.05) is 13.0 Å². The molecule has 1 aliphatic rings. The molecule has 1 amide bonds. The highest BCUT2D eigenvalue weighted by molar-refractivity contribution is 7.22. The molecule has 1 atom stereocenters. The van der Waals surface area contributed by atoms with Crippen LogP contribution in [0.4, 0.5) is 5.13 Å². The molecule has 1 N–H and O–H groups in total. The molecular formula is C21H18ClN3O3S. The Labute approximate surface area is 176 Å². The van der Waals surface area contributed by atoms with Gasteiger partial charge in [0.1, 0.15) is 0 Å². The quantitative estimate of drug-likeness (QED) is 0.647. The monoisotopic (exact) mass is 427 g/mol. The van der Waals surface area contributed by atoms with Gasteiger partial charge in [0.25, 0.3) is 5.91 Å². The molecule has 0 spiro atoms. The van der Waals surface area contributed by atoms with Gasteiger partial charge in [0, 0.05) is 23.3 Å². The third kappa shape index (κ3) is 3.20. The normalized spacial score (nSPS) is 17.1. The molecule has 2 aromatic heterocycles. The molecule has 1 unspecified atom stereocenters. The van der Waals surface area contributed by atoms with Gasteiger partial charge in [-0.2, -0.15) is 0 Å². The van der Waals surface area contributed by atoms with E-state index in [4.69, 9.17) is 11.6 Å². The number of benzene rings is 1. The number of ketones is 1. The number of aliphatic hydroxyl groups is 1. The molecule has 8 heteroatoms. The minimum atomic E-state index is -0.789. The molecule has 3 heterocycles. The summed E-state index contributed by atoms with van der Waals surface area (Å²) in [5, 5.41) is 11.6. The van der Waals surface area contributed by atoms with Crippen molar-refractivity contribution in [2.45, 2.75) is 26.8 Å². The van der Waals surface area contributed by atoms with Crippen molar-refractivity contribution in [3.05, 3.63) is 64.1 Å². The number of aliphatic hydroxyl groups excluding tert-OH is 1. The summed E-state index contributed by atoms with van der Waals surface area (Å²) in [6.07, 6.45) is 3.20. The molecule has 6 nitrogen and oxygen atoms in total. The molecule has 1 aromatic carbocycles. The van der Waals surface area contributed by atoms with Crippen LogP contribution in [0.25, 0.3) is 10.2 Å². The Morgan fingerprint density at radius 3 is 2.76 bits per heavy atom. The van der Waals surface area contributed by atoms with Gasteiger partial charge >= 0.3 is 0 Å². The number of aryl methyl sites for hydroxylation is 1. The Kier molecular flexibility index (Phi) is 4.88. The summed E-state index contributed by atoms with van der Waals surface area (Å²) in [6, 6.07) is 6.37. The first-order valence-electron chi connectivity index (χ1n) is 9.07. The topological polar surface area (TPSA) is 83.4 Å². The van der Waals surface area contributed by atoms with Crippen molar-refractivity contribution in [3.8, 4) is 0 Å². The number of anilines is 1. The van der Waals surface area contributed by atoms with Crippen molar-refractivity contribution in [1.29, 1.82) is 0 Å². The number of hydrogen-bond acceptors (Lipinski definition) is 6. The lowest BCUT2D eigenvalue weighted by atomic mass is 9.92. The number of halogens is 1. The van der Waals surface area contributed by atoms with Crippen molar-refractivity contribution in [2.24, 2.45) is 5.92 Å². The summed E-state index contributed by atoms with van der Waals surface area (Å²) < 4.78 is 0.864. The van der Waals surface area contributed by atoms with Gasteiger partial charge in [0.15, 0.2) is 16.7 Å². The summed E-state index contributed by atoms with van der Waals surface area (Å²) in [4.78, 5) is 36.0. The van der Waals surface area contributed by atoms with Crippen LogP contribution in [-0.2, 0) is 9.59 Å². The SMILES string of the molecule is Cc1cc2sc(N3C(=O)C(O)=C(C(=O)C(C)C)C3c3cccnc3)nc2cc1Cl. The Hall–Kier alpha value is -2.77. The summed E-state index contributed by atoms with van der Waals surface area (Å²) in [5.74, 6) is -1.85. The molecule has 148 valence electrons. The zero-order valence-electron chi connectivity index (χ0n) is 16.0. The fraction of sp³-hybridized carbons (Fsp3) is 0.238. The number of fused-ring (bicyclic) bond motifs is 1. The predicted octanol–water partition coefficient (Wildman–Crippen LogP) is 4.78. The van der Waals surface area contributed by atoms with Crippen LogP contribution in [0.3, 0.4) is 0 Å². The number of nitrogens with zero attached hydrogens (tertiary/aromatic N) is 3. The minimum absolute atomic E-state index is 0.0754. The fourth-order valence-electron chi connectivity index (χ4n) is 3.36. The van der Waals surface area contributed by atoms with E-state index in [1.165, 1.54) is 16.2 Å². The maximum Gasteiger partial charge on any atom is 0.296 e. The number of hydrogen-bond donors (Lipinski definition) is 1. The van der Waals surface area contributed by atoms with Crippen LogP contribution >= 0.6 is 22.9 Å². The van der Waals surface area contributed by atoms with Crippen LogP contribution in [0.15, 0.2) is 48.0 Å². The molecule has 0 fully saturated rings. The largest absolute Gasteiger partial charge is 0.503 e. The smallest absolute Gasteiger partial charge is 0.296 e. The lowest BCUT2D eigenvalue weighted by Gasteiger charge is -2.24. The Morgan fingerprint density at radius 2 is 2.10 bits per heavy atom. The number of amides is 1. The Bertz CT molecular complexity index is 1130. The highest BCUT2D eigenvalue weighted by atomic mass is 35.5. The maximum atomic E-state index is 13.0. The number of thiazole rings is 1. The molecule has 3 aromatic rings. The zero-order valence-corrected chi connectivity index (χ0v) is 17.6. The van der Waals surface area contributed by atoms with Crippen LogP contribution < -0.4 is 4.90 Å². The molecule has 0 bridgehead atoms. The van der Waals surface area contributed by atoms with Gasteiger partial charge in [-0.25, -0.2) is 4.98 Å². The standard InChI is InChI=1S/C21H18ClN3O3S/c1-10(2)18(26)16-17(12-5-4-6-23-9-12)25(20(28)19(16)27)21-24-14-8-13(22)11(3)7-15(14)29-21/h4-10,17,27H,1-3H3. The molecule has 1 aliphatic heterocycles. The van der Waals surface area contributed by atoms with E-state index in [0.29, 0.717) is 21.2 Å². The first-order valence-corrected chi connectivity index (χ1v) is 10.3. The summed E-state index contributed by atoms with van der Waals surface area (Å²) in [6.45, 7) is 5.37. The van der Waals surface area contributed by atoms with Crippen LogP contribution in [0.5, 0.6) is 0 Å². The maximum absolute atomic E-state index is 13.0. The van der Waals surface area contributed by atoms with Crippen molar-refractivity contribution in [3.63, 3.8) is 0 Å². The van der Waals surface area contributed by atoms with Gasteiger partial charge in [0.2, 0.25) is 0 Å². The van der Waals surface area contributed by atoms with Crippen LogP contribution in [0.2, 0.25) is 5.02 Å². The third-order valence-corrected chi connectivity index (χ3v) is 6.29. The van der Waals surface area contributed by atoms with Gasteiger partial charge < -0.3 is 5.11 Å². The number of Topliss-reactive ketones (excluding diaryl/α,β-unsaturated/α-hetero) is 1. The zero-order chi connectivity index (χ0) is 20.9. The first-order chi connectivity index (χ1) is 13.8. The lowest BCUT2D eigenvalue weighted by Crippen LogP contribution is -2.31. The van der Waals surface area contributed by atoms with Gasteiger partial charge in [0.05, 0.1) is 21.8 Å².